The Bertz CT molecular complexity index is 948. The predicted molar refractivity (Wildman–Crippen MR) is 99.4 cm³/mol. The van der Waals surface area contributed by atoms with Crippen LogP contribution in [0.1, 0.15) is 29.5 Å². The largest absolute Gasteiger partial charge is 0.486 e. The molecule has 1 aliphatic heterocycles. The Morgan fingerprint density at radius 3 is 2.46 bits per heavy atom. The molecule has 1 heterocycles. The number of ether oxygens (including phenoxy) is 2. The monoisotopic (exact) mass is 373 g/mol. The number of hydrogen-bond acceptors (Lipinski definition) is 4. The minimum atomic E-state index is -3.54. The molecule has 2 aliphatic rings. The maximum atomic E-state index is 12.8. The van der Waals surface area contributed by atoms with Crippen molar-refractivity contribution in [2.45, 2.75) is 37.0 Å². The molecule has 1 fully saturated rings. The summed E-state index contributed by atoms with van der Waals surface area (Å²) >= 11 is 0. The van der Waals surface area contributed by atoms with Crippen LogP contribution in [-0.2, 0) is 15.4 Å². The third kappa shape index (κ3) is 3.19. The third-order valence-electron chi connectivity index (χ3n) is 5.24. The molecule has 6 heteroatoms. The number of sulfonamides is 1. The molecule has 2 aromatic carbocycles. The molecule has 0 aromatic heterocycles. The normalized spacial score (nSPS) is 17.8. The summed E-state index contributed by atoms with van der Waals surface area (Å²) in [6, 6.07) is 11.4. The minimum Gasteiger partial charge on any atom is -0.486 e. The molecule has 138 valence electrons. The van der Waals surface area contributed by atoms with Gasteiger partial charge < -0.3 is 9.47 Å². The van der Waals surface area contributed by atoms with Gasteiger partial charge in [-0.1, -0.05) is 18.2 Å². The van der Waals surface area contributed by atoms with Crippen LogP contribution in [0, 0.1) is 13.8 Å². The van der Waals surface area contributed by atoms with Gasteiger partial charge in [0.15, 0.2) is 11.5 Å². The van der Waals surface area contributed by atoms with Crippen molar-refractivity contribution in [3.63, 3.8) is 0 Å². The van der Waals surface area contributed by atoms with Crippen molar-refractivity contribution in [3.8, 4) is 11.5 Å². The molecule has 1 saturated carbocycles. The van der Waals surface area contributed by atoms with E-state index in [1.165, 1.54) is 0 Å². The Hall–Kier alpha value is -2.05. The van der Waals surface area contributed by atoms with E-state index in [1.54, 1.807) is 6.07 Å². The highest BCUT2D eigenvalue weighted by atomic mass is 32.2. The summed E-state index contributed by atoms with van der Waals surface area (Å²) in [5.41, 5.74) is 2.64. The van der Waals surface area contributed by atoms with Gasteiger partial charge in [0.2, 0.25) is 10.0 Å². The summed E-state index contributed by atoms with van der Waals surface area (Å²) in [6.07, 6.45) is 1.92. The lowest BCUT2D eigenvalue weighted by atomic mass is 9.96. The summed E-state index contributed by atoms with van der Waals surface area (Å²) < 4.78 is 39.6. The van der Waals surface area contributed by atoms with E-state index in [2.05, 4.69) is 4.72 Å². The van der Waals surface area contributed by atoms with E-state index in [4.69, 9.17) is 9.47 Å². The number of rotatable bonds is 5. The van der Waals surface area contributed by atoms with Gasteiger partial charge in [-0.15, -0.1) is 0 Å². The maximum Gasteiger partial charge on any atom is 0.240 e. The van der Waals surface area contributed by atoms with Crippen molar-refractivity contribution in [2.75, 3.05) is 19.8 Å². The van der Waals surface area contributed by atoms with Gasteiger partial charge in [-0.05, 0) is 61.6 Å². The van der Waals surface area contributed by atoms with Crippen molar-refractivity contribution >= 4 is 10.0 Å². The topological polar surface area (TPSA) is 64.6 Å². The zero-order valence-corrected chi connectivity index (χ0v) is 15.9. The van der Waals surface area contributed by atoms with Crippen LogP contribution in [0.25, 0.3) is 0 Å². The van der Waals surface area contributed by atoms with Crippen LogP contribution < -0.4 is 14.2 Å². The van der Waals surface area contributed by atoms with Crippen LogP contribution >= 0.6 is 0 Å². The van der Waals surface area contributed by atoms with Gasteiger partial charge in [0.25, 0.3) is 0 Å². The van der Waals surface area contributed by atoms with Gasteiger partial charge >= 0.3 is 0 Å². The molecular formula is C20H23NO4S. The van der Waals surface area contributed by atoms with Gasteiger partial charge in [0.05, 0.1) is 4.90 Å². The van der Waals surface area contributed by atoms with Gasteiger partial charge in [0.1, 0.15) is 13.2 Å². The van der Waals surface area contributed by atoms with E-state index < -0.39 is 10.0 Å². The molecule has 26 heavy (non-hydrogen) atoms. The lowest BCUT2D eigenvalue weighted by molar-refractivity contribution is 0.171. The zero-order chi connectivity index (χ0) is 18.4. The lowest BCUT2D eigenvalue weighted by Gasteiger charge is -2.22. The van der Waals surface area contributed by atoms with E-state index in [-0.39, 0.29) is 5.41 Å². The molecule has 0 radical (unpaired) electrons. The molecule has 1 N–H and O–H groups in total. The summed E-state index contributed by atoms with van der Waals surface area (Å²) in [5.74, 6) is 1.50. The second-order valence-electron chi connectivity index (χ2n) is 7.23. The fourth-order valence-corrected chi connectivity index (χ4v) is 4.85. The number of hydrogen-bond donors (Lipinski definition) is 1. The number of fused-ring (bicyclic) bond motifs is 1. The van der Waals surface area contributed by atoms with Crippen LogP contribution in [0.2, 0.25) is 0 Å². The van der Waals surface area contributed by atoms with E-state index in [0.717, 1.165) is 41.0 Å². The van der Waals surface area contributed by atoms with Crippen LogP contribution in [-0.4, -0.2) is 28.2 Å². The molecule has 5 nitrogen and oxygen atoms in total. The molecule has 0 bridgehead atoms. The fraction of sp³-hybridized carbons (Fsp3) is 0.400. The van der Waals surface area contributed by atoms with E-state index in [0.29, 0.717) is 24.7 Å². The Morgan fingerprint density at radius 2 is 1.73 bits per heavy atom. The van der Waals surface area contributed by atoms with Crippen LogP contribution in [0.3, 0.4) is 0 Å². The van der Waals surface area contributed by atoms with E-state index in [9.17, 15) is 8.42 Å². The second-order valence-corrected chi connectivity index (χ2v) is 8.97. The van der Waals surface area contributed by atoms with Crippen LogP contribution in [0.15, 0.2) is 41.3 Å². The molecule has 0 spiro atoms. The molecule has 0 unspecified atom stereocenters. The Balaban J connectivity index is 1.55. The SMILES string of the molecule is Cc1ccc(C)c(S(=O)(=O)NCC2(c3ccc4c(c3)OCCO4)CC2)c1. The first-order valence-electron chi connectivity index (χ1n) is 8.87. The molecular weight excluding hydrogens is 350 g/mol. The Labute approximate surface area is 154 Å². The van der Waals surface area contributed by atoms with E-state index >= 15 is 0 Å². The predicted octanol–water partition coefficient (Wildman–Crippen LogP) is 3.08. The van der Waals surface area contributed by atoms with Gasteiger partial charge in [0, 0.05) is 12.0 Å². The summed E-state index contributed by atoms with van der Waals surface area (Å²) in [5, 5.41) is 0. The molecule has 0 atom stereocenters. The lowest BCUT2D eigenvalue weighted by Crippen LogP contribution is -2.32. The maximum absolute atomic E-state index is 12.8. The first-order valence-corrected chi connectivity index (χ1v) is 10.4. The van der Waals surface area contributed by atoms with Crippen molar-refractivity contribution in [1.82, 2.24) is 4.72 Å². The first kappa shape index (κ1) is 17.4. The highest BCUT2D eigenvalue weighted by Crippen LogP contribution is 2.49. The van der Waals surface area contributed by atoms with Gasteiger partial charge in [-0.2, -0.15) is 0 Å². The van der Waals surface area contributed by atoms with Crippen molar-refractivity contribution in [1.29, 1.82) is 0 Å². The van der Waals surface area contributed by atoms with Crippen molar-refractivity contribution in [2.24, 2.45) is 0 Å². The van der Waals surface area contributed by atoms with Crippen molar-refractivity contribution < 1.29 is 17.9 Å². The average molecular weight is 373 g/mol. The third-order valence-corrected chi connectivity index (χ3v) is 6.79. The van der Waals surface area contributed by atoms with Crippen LogP contribution in [0.5, 0.6) is 11.5 Å². The highest BCUT2D eigenvalue weighted by molar-refractivity contribution is 7.89. The van der Waals surface area contributed by atoms with Gasteiger partial charge in [-0.3, -0.25) is 0 Å². The summed E-state index contributed by atoms with van der Waals surface area (Å²) in [6.45, 7) is 5.22. The van der Waals surface area contributed by atoms with Crippen LogP contribution in [0.4, 0.5) is 0 Å². The second kappa shape index (κ2) is 6.28. The average Bonchev–Trinajstić information content (AvgIpc) is 3.43. The zero-order valence-electron chi connectivity index (χ0n) is 15.0. The highest BCUT2D eigenvalue weighted by Gasteiger charge is 2.45. The van der Waals surface area contributed by atoms with Crippen molar-refractivity contribution in [3.05, 3.63) is 53.1 Å². The standard InChI is InChI=1S/C20H23NO4S/c1-14-3-4-15(2)19(11-14)26(22,23)21-13-20(7-8-20)16-5-6-17-18(12-16)25-10-9-24-17/h3-6,11-12,21H,7-10,13H2,1-2H3. The Morgan fingerprint density at radius 1 is 1.00 bits per heavy atom. The number of aryl methyl sites for hydroxylation is 2. The van der Waals surface area contributed by atoms with E-state index in [1.807, 2.05) is 44.2 Å². The molecule has 4 rings (SSSR count). The number of benzene rings is 2. The smallest absolute Gasteiger partial charge is 0.240 e. The molecule has 1 aliphatic carbocycles. The number of nitrogens with one attached hydrogen (secondary N) is 1. The van der Waals surface area contributed by atoms with Gasteiger partial charge in [-0.25, -0.2) is 13.1 Å². The molecule has 2 aromatic rings. The quantitative estimate of drug-likeness (QED) is 0.875. The summed E-state index contributed by atoms with van der Waals surface area (Å²) in [7, 11) is -3.54. The first-order chi connectivity index (χ1) is 12.4. The minimum absolute atomic E-state index is 0.152. The Kier molecular flexibility index (Phi) is 4.20. The summed E-state index contributed by atoms with van der Waals surface area (Å²) in [4.78, 5) is 0.357. The molecule has 0 amide bonds. The fourth-order valence-electron chi connectivity index (χ4n) is 3.40. The molecule has 0 saturated heterocycles.